The number of piperazine rings is 1. The number of nitrogens with zero attached hydrogens (tertiary/aromatic N) is 4. The number of benzene rings is 1. The van der Waals surface area contributed by atoms with Crippen LogP contribution in [0.5, 0.6) is 0 Å². The number of carbonyl (C=O) groups excluding carboxylic acids is 2. The van der Waals surface area contributed by atoms with Crippen LogP contribution in [-0.4, -0.2) is 57.5 Å². The largest absolute Gasteiger partial charge is 0.469 e. The maximum absolute atomic E-state index is 13.1. The molecule has 3 atom stereocenters. The first-order valence-corrected chi connectivity index (χ1v) is 9.63. The average Bonchev–Trinajstić information content (AvgIpc) is 3.24. The molecule has 0 spiro atoms. The molecule has 1 aromatic heterocycles. The van der Waals surface area contributed by atoms with Crippen LogP contribution < -0.4 is 0 Å². The van der Waals surface area contributed by atoms with Gasteiger partial charge < -0.3 is 14.2 Å². The summed E-state index contributed by atoms with van der Waals surface area (Å²) in [6.07, 6.45) is 2.49. The Balaban J connectivity index is 1.59. The van der Waals surface area contributed by atoms with Gasteiger partial charge in [0, 0.05) is 32.4 Å². The molecule has 1 amide bonds. The maximum Gasteiger partial charge on any atom is 0.311 e. The highest BCUT2D eigenvalue weighted by Crippen LogP contribution is 2.43. The molecule has 2 saturated heterocycles. The number of hydrogen-bond donors (Lipinski definition) is 0. The highest BCUT2D eigenvalue weighted by atomic mass is 16.5. The molecule has 2 aliphatic rings. The van der Waals surface area contributed by atoms with Gasteiger partial charge in [-0.15, -0.1) is 0 Å². The molecule has 0 aliphatic carbocycles. The number of imidazole rings is 1. The van der Waals surface area contributed by atoms with E-state index in [1.807, 2.05) is 55.4 Å². The molecule has 4 rings (SSSR count). The summed E-state index contributed by atoms with van der Waals surface area (Å²) in [6, 6.07) is 9.56. The number of aryl methyl sites for hydroxylation is 1. The van der Waals surface area contributed by atoms with E-state index in [-0.39, 0.29) is 29.9 Å². The summed E-state index contributed by atoms with van der Waals surface area (Å²) in [5.74, 6) is 0.441. The summed E-state index contributed by atoms with van der Waals surface area (Å²) in [5.41, 5.74) is 2.07. The number of amides is 1. The van der Waals surface area contributed by atoms with Crippen LogP contribution >= 0.6 is 0 Å². The predicted octanol–water partition coefficient (Wildman–Crippen LogP) is 1.68. The number of esters is 1. The van der Waals surface area contributed by atoms with Gasteiger partial charge in [-0.1, -0.05) is 30.3 Å². The van der Waals surface area contributed by atoms with E-state index < -0.39 is 0 Å². The Morgan fingerprint density at radius 1 is 1.29 bits per heavy atom. The zero-order valence-electron chi connectivity index (χ0n) is 16.5. The molecule has 0 radical (unpaired) electrons. The van der Waals surface area contributed by atoms with E-state index in [1.165, 1.54) is 7.11 Å². The molecule has 0 N–H and O–H groups in total. The van der Waals surface area contributed by atoms with Crippen LogP contribution in [0.2, 0.25) is 0 Å². The number of fused-ring (bicyclic) bond motifs is 1. The number of ether oxygens (including phenoxy) is 1. The highest BCUT2D eigenvalue weighted by Gasteiger charge is 2.50. The Morgan fingerprint density at radius 2 is 2.04 bits per heavy atom. The van der Waals surface area contributed by atoms with E-state index in [9.17, 15) is 9.59 Å². The Hall–Kier alpha value is -2.67. The lowest BCUT2D eigenvalue weighted by molar-refractivity contribution is -0.147. The first kappa shape index (κ1) is 18.7. The van der Waals surface area contributed by atoms with Gasteiger partial charge >= 0.3 is 5.97 Å². The molecule has 3 heterocycles. The van der Waals surface area contributed by atoms with Crippen molar-refractivity contribution in [1.82, 2.24) is 19.4 Å². The lowest BCUT2D eigenvalue weighted by atomic mass is 9.93. The summed E-state index contributed by atoms with van der Waals surface area (Å²) in [6.45, 7) is 3.73. The van der Waals surface area contributed by atoms with E-state index >= 15 is 0 Å². The standard InChI is InChI=1S/C21H26N4O3/c1-14-22-10-17(23(14)2)12-24-11-16-9-18(21(27)28-3)20(25(16)19(26)13-24)15-7-5-4-6-8-15/h4-8,10,16,18,20H,9,11-13H2,1-3H3/t16-,18-,20-/m0/s1. The maximum atomic E-state index is 13.1. The van der Waals surface area contributed by atoms with Crippen molar-refractivity contribution in [2.75, 3.05) is 20.2 Å². The normalized spacial score (nSPS) is 25.0. The quantitative estimate of drug-likeness (QED) is 0.753. The Kier molecular flexibility index (Phi) is 4.93. The predicted molar refractivity (Wildman–Crippen MR) is 103 cm³/mol. The van der Waals surface area contributed by atoms with Crippen LogP contribution in [0.1, 0.15) is 29.5 Å². The van der Waals surface area contributed by atoms with Crippen LogP contribution in [0, 0.1) is 12.8 Å². The number of hydrogen-bond acceptors (Lipinski definition) is 5. The van der Waals surface area contributed by atoms with Crippen LogP contribution in [0.3, 0.4) is 0 Å². The van der Waals surface area contributed by atoms with Crippen LogP contribution in [0.4, 0.5) is 0 Å². The Bertz CT molecular complexity index is 879. The molecule has 2 fully saturated rings. The SMILES string of the molecule is COC(=O)[C@H]1C[C@H]2CN(Cc3cnc(C)n3C)CC(=O)N2[C@H]1c1ccccc1. The van der Waals surface area contributed by atoms with E-state index in [2.05, 4.69) is 14.5 Å². The van der Waals surface area contributed by atoms with Crippen molar-refractivity contribution in [3.63, 3.8) is 0 Å². The monoisotopic (exact) mass is 382 g/mol. The average molecular weight is 382 g/mol. The molecule has 148 valence electrons. The number of methoxy groups -OCH3 is 1. The molecular weight excluding hydrogens is 356 g/mol. The zero-order chi connectivity index (χ0) is 19.8. The minimum atomic E-state index is -0.333. The molecular formula is C21H26N4O3. The molecule has 0 bridgehead atoms. The topological polar surface area (TPSA) is 67.7 Å². The van der Waals surface area contributed by atoms with Gasteiger partial charge in [-0.3, -0.25) is 14.5 Å². The van der Waals surface area contributed by atoms with E-state index in [1.54, 1.807) is 0 Å². The fourth-order valence-corrected chi connectivity index (χ4v) is 4.58. The molecule has 1 aromatic carbocycles. The third kappa shape index (κ3) is 3.20. The van der Waals surface area contributed by atoms with Crippen molar-refractivity contribution in [3.05, 3.63) is 53.6 Å². The third-order valence-electron chi connectivity index (χ3n) is 6.06. The van der Waals surface area contributed by atoms with Crippen molar-refractivity contribution in [1.29, 1.82) is 0 Å². The van der Waals surface area contributed by atoms with Gasteiger partial charge in [-0.2, -0.15) is 0 Å². The molecule has 0 saturated carbocycles. The smallest absolute Gasteiger partial charge is 0.311 e. The molecule has 2 aromatic rings. The van der Waals surface area contributed by atoms with Crippen LogP contribution in [0.25, 0.3) is 0 Å². The van der Waals surface area contributed by atoms with Gasteiger partial charge in [-0.05, 0) is 18.9 Å². The second-order valence-electron chi connectivity index (χ2n) is 7.70. The van der Waals surface area contributed by atoms with E-state index in [4.69, 9.17) is 4.74 Å². The number of aromatic nitrogens is 2. The second-order valence-corrected chi connectivity index (χ2v) is 7.70. The van der Waals surface area contributed by atoms with E-state index in [0.717, 1.165) is 23.6 Å². The Labute approximate surface area is 164 Å². The van der Waals surface area contributed by atoms with Crippen LogP contribution in [0.15, 0.2) is 36.5 Å². The fraction of sp³-hybridized carbons (Fsp3) is 0.476. The van der Waals surface area contributed by atoms with Crippen molar-refractivity contribution in [3.8, 4) is 0 Å². The van der Waals surface area contributed by atoms with Crippen molar-refractivity contribution < 1.29 is 14.3 Å². The minimum absolute atomic E-state index is 0.00452. The molecule has 7 nitrogen and oxygen atoms in total. The van der Waals surface area contributed by atoms with Gasteiger partial charge in [-0.25, -0.2) is 4.98 Å². The summed E-state index contributed by atoms with van der Waals surface area (Å²) < 4.78 is 7.12. The molecule has 28 heavy (non-hydrogen) atoms. The van der Waals surface area contributed by atoms with Gasteiger partial charge in [0.2, 0.25) is 5.91 Å². The van der Waals surface area contributed by atoms with Gasteiger partial charge in [0.15, 0.2) is 0 Å². The summed E-state index contributed by atoms with van der Waals surface area (Å²) >= 11 is 0. The second kappa shape index (κ2) is 7.39. The number of rotatable bonds is 4. The lowest BCUT2D eigenvalue weighted by Gasteiger charge is -2.40. The van der Waals surface area contributed by atoms with Gasteiger partial charge in [0.25, 0.3) is 0 Å². The van der Waals surface area contributed by atoms with Crippen molar-refractivity contribution in [2.24, 2.45) is 13.0 Å². The first-order valence-electron chi connectivity index (χ1n) is 9.63. The van der Waals surface area contributed by atoms with E-state index in [0.29, 0.717) is 19.5 Å². The van der Waals surface area contributed by atoms with Gasteiger partial charge in [0.1, 0.15) is 5.82 Å². The molecule has 0 unspecified atom stereocenters. The highest BCUT2D eigenvalue weighted by molar-refractivity contribution is 5.83. The van der Waals surface area contributed by atoms with Crippen LogP contribution in [-0.2, 0) is 27.9 Å². The zero-order valence-corrected chi connectivity index (χ0v) is 16.5. The van der Waals surface area contributed by atoms with Crippen molar-refractivity contribution in [2.45, 2.75) is 32.0 Å². The fourth-order valence-electron chi connectivity index (χ4n) is 4.58. The van der Waals surface area contributed by atoms with Crippen molar-refractivity contribution >= 4 is 11.9 Å². The summed E-state index contributed by atoms with van der Waals surface area (Å²) in [4.78, 5) is 34.0. The first-order chi connectivity index (χ1) is 13.5. The Morgan fingerprint density at radius 3 is 2.68 bits per heavy atom. The molecule has 2 aliphatic heterocycles. The number of carbonyl (C=O) groups is 2. The summed E-state index contributed by atoms with van der Waals surface area (Å²) in [5, 5.41) is 0. The lowest BCUT2D eigenvalue weighted by Crippen LogP contribution is -2.54. The third-order valence-corrected chi connectivity index (χ3v) is 6.06. The minimum Gasteiger partial charge on any atom is -0.469 e. The summed E-state index contributed by atoms with van der Waals surface area (Å²) in [7, 11) is 3.41. The molecule has 7 heteroatoms. The van der Waals surface area contributed by atoms with Gasteiger partial charge in [0.05, 0.1) is 31.3 Å².